The monoisotopic (exact) mass is 490 g/mol. The predicted molar refractivity (Wildman–Crippen MR) is 132 cm³/mol. The van der Waals surface area contributed by atoms with Crippen molar-refractivity contribution in [2.45, 2.75) is 13.0 Å². The molecule has 0 bridgehead atoms. The van der Waals surface area contributed by atoms with Crippen molar-refractivity contribution in [2.24, 2.45) is 11.8 Å². The molecule has 35 heavy (non-hydrogen) atoms. The van der Waals surface area contributed by atoms with E-state index < -0.39 is 0 Å². The van der Waals surface area contributed by atoms with Crippen LogP contribution in [0.4, 0.5) is 4.39 Å². The lowest BCUT2D eigenvalue weighted by molar-refractivity contribution is 0.0805. The standard InChI is InChI=1S/C27H24ClFN4O2/c28-21-6-10-23(11-7-21)33-26-20(12-17-4-8-22(29)9-5-17)15-35-16-24(26)25(30-33)27(34)31-32-13-18-2-1-3-19(18)14-32/h1-2,4-12,18-19H,3,13-16H2,(H,31,34). The topological polar surface area (TPSA) is 59.4 Å². The average molecular weight is 491 g/mol. The number of amides is 1. The summed E-state index contributed by atoms with van der Waals surface area (Å²) in [5.41, 5.74) is 7.44. The van der Waals surface area contributed by atoms with Gasteiger partial charge in [-0.05, 0) is 66.3 Å². The van der Waals surface area contributed by atoms with Crippen molar-refractivity contribution in [1.82, 2.24) is 20.2 Å². The van der Waals surface area contributed by atoms with Crippen molar-refractivity contribution < 1.29 is 13.9 Å². The minimum Gasteiger partial charge on any atom is -0.372 e. The third-order valence-electron chi connectivity index (χ3n) is 6.86. The van der Waals surface area contributed by atoms with Crippen LogP contribution in [-0.2, 0) is 11.3 Å². The Labute approximate surface area is 207 Å². The van der Waals surface area contributed by atoms with Crippen LogP contribution in [0, 0.1) is 17.7 Å². The summed E-state index contributed by atoms with van der Waals surface area (Å²) in [6, 6.07) is 13.6. The Kier molecular flexibility index (Phi) is 5.76. The second-order valence-electron chi connectivity index (χ2n) is 9.21. The lowest BCUT2D eigenvalue weighted by Gasteiger charge is -2.20. The number of hydrogen-bond acceptors (Lipinski definition) is 4. The normalized spacial score (nSPS) is 22.4. The van der Waals surface area contributed by atoms with E-state index in [0.717, 1.165) is 47.6 Å². The summed E-state index contributed by atoms with van der Waals surface area (Å²) in [6.45, 7) is 2.27. The van der Waals surface area contributed by atoms with E-state index in [1.165, 1.54) is 12.1 Å². The van der Waals surface area contributed by atoms with Crippen molar-refractivity contribution in [3.05, 3.63) is 94.0 Å². The first-order valence-electron chi connectivity index (χ1n) is 11.7. The van der Waals surface area contributed by atoms with Crippen LogP contribution >= 0.6 is 11.6 Å². The highest BCUT2D eigenvalue weighted by atomic mass is 35.5. The molecule has 3 aliphatic rings. The van der Waals surface area contributed by atoms with Crippen LogP contribution in [0.5, 0.6) is 0 Å². The molecule has 1 amide bonds. The van der Waals surface area contributed by atoms with E-state index in [1.807, 2.05) is 23.2 Å². The molecule has 2 atom stereocenters. The van der Waals surface area contributed by atoms with E-state index in [9.17, 15) is 9.18 Å². The molecule has 1 aliphatic carbocycles. The number of ether oxygens (including phenoxy) is 1. The van der Waals surface area contributed by atoms with Crippen LogP contribution in [0.2, 0.25) is 5.02 Å². The maximum Gasteiger partial charge on any atom is 0.286 e. The van der Waals surface area contributed by atoms with Crippen LogP contribution in [0.25, 0.3) is 17.3 Å². The van der Waals surface area contributed by atoms with Crippen molar-refractivity contribution in [2.75, 3.05) is 19.7 Å². The van der Waals surface area contributed by atoms with Gasteiger partial charge in [-0.1, -0.05) is 35.9 Å². The smallest absolute Gasteiger partial charge is 0.286 e. The fourth-order valence-electron chi connectivity index (χ4n) is 5.15. The molecule has 3 aromatic rings. The number of carbonyl (C=O) groups excluding carboxylic acids is 1. The highest BCUT2D eigenvalue weighted by Crippen LogP contribution is 2.34. The molecular formula is C27H24ClFN4O2. The van der Waals surface area contributed by atoms with Gasteiger partial charge in [-0.2, -0.15) is 5.10 Å². The van der Waals surface area contributed by atoms with Crippen LogP contribution in [0.3, 0.4) is 0 Å². The van der Waals surface area contributed by atoms with Gasteiger partial charge in [0.15, 0.2) is 5.69 Å². The highest BCUT2D eigenvalue weighted by molar-refractivity contribution is 6.30. The molecular weight excluding hydrogens is 467 g/mol. The van der Waals surface area contributed by atoms with Crippen LogP contribution in [-0.4, -0.2) is 40.4 Å². The van der Waals surface area contributed by atoms with Crippen molar-refractivity contribution in [3.63, 3.8) is 0 Å². The van der Waals surface area contributed by atoms with E-state index in [-0.39, 0.29) is 18.3 Å². The number of carbonyl (C=O) groups is 1. The van der Waals surface area contributed by atoms with Gasteiger partial charge in [-0.3, -0.25) is 10.2 Å². The quantitative estimate of drug-likeness (QED) is 0.529. The Balaban J connectivity index is 1.39. The minimum absolute atomic E-state index is 0.246. The molecule has 0 saturated carbocycles. The Bertz CT molecular complexity index is 1330. The molecule has 6 rings (SSSR count). The molecule has 0 spiro atoms. The molecule has 6 nitrogen and oxygen atoms in total. The molecule has 0 radical (unpaired) electrons. The van der Waals surface area contributed by atoms with Gasteiger partial charge in [0.1, 0.15) is 5.82 Å². The zero-order valence-electron chi connectivity index (χ0n) is 19.0. The number of halogens is 2. The first-order chi connectivity index (χ1) is 17.0. The van der Waals surface area contributed by atoms with E-state index in [2.05, 4.69) is 17.6 Å². The summed E-state index contributed by atoms with van der Waals surface area (Å²) in [5, 5.41) is 7.36. The first-order valence-corrected chi connectivity index (χ1v) is 12.1. The summed E-state index contributed by atoms with van der Waals surface area (Å²) < 4.78 is 21.1. The molecule has 1 N–H and O–H groups in total. The summed E-state index contributed by atoms with van der Waals surface area (Å²) in [7, 11) is 0. The molecule has 178 valence electrons. The summed E-state index contributed by atoms with van der Waals surface area (Å²) in [6.07, 6.45) is 7.48. The number of hydrogen-bond donors (Lipinski definition) is 1. The van der Waals surface area contributed by atoms with Gasteiger partial charge >= 0.3 is 0 Å². The number of nitrogens with one attached hydrogen (secondary N) is 1. The third kappa shape index (κ3) is 4.31. The number of hydrazine groups is 1. The highest BCUT2D eigenvalue weighted by Gasteiger charge is 2.35. The number of nitrogens with zero attached hydrogens (tertiary/aromatic N) is 3. The Morgan fingerprint density at radius 1 is 1.11 bits per heavy atom. The molecule has 2 aromatic carbocycles. The van der Waals surface area contributed by atoms with Crippen LogP contribution < -0.4 is 5.43 Å². The number of benzene rings is 2. The number of aromatic nitrogens is 2. The zero-order valence-corrected chi connectivity index (χ0v) is 19.7. The predicted octanol–water partition coefficient (Wildman–Crippen LogP) is 4.89. The second kappa shape index (κ2) is 9.07. The van der Waals surface area contributed by atoms with Gasteiger partial charge < -0.3 is 4.74 Å². The molecule has 1 aromatic heterocycles. The fourth-order valence-corrected chi connectivity index (χ4v) is 5.28. The fraction of sp³-hybridized carbons (Fsp3) is 0.259. The van der Waals surface area contributed by atoms with Gasteiger partial charge in [-0.25, -0.2) is 14.1 Å². The van der Waals surface area contributed by atoms with Gasteiger partial charge in [0, 0.05) is 29.2 Å². The van der Waals surface area contributed by atoms with Crippen molar-refractivity contribution in [1.29, 1.82) is 0 Å². The van der Waals surface area contributed by atoms with Gasteiger partial charge in [0.2, 0.25) is 0 Å². The van der Waals surface area contributed by atoms with Crippen molar-refractivity contribution >= 4 is 29.2 Å². The number of allylic oxidation sites excluding steroid dienone is 1. The lowest BCUT2D eigenvalue weighted by Crippen LogP contribution is -2.41. The van der Waals surface area contributed by atoms with E-state index >= 15 is 0 Å². The molecule has 1 saturated heterocycles. The molecule has 2 unspecified atom stereocenters. The second-order valence-corrected chi connectivity index (χ2v) is 9.65. The Morgan fingerprint density at radius 3 is 2.69 bits per heavy atom. The SMILES string of the molecule is O=C(NN1CC2C=CCC2C1)c1nn(-c2ccc(Cl)cc2)c2c1COCC2=Cc1ccc(F)cc1. The van der Waals surface area contributed by atoms with Gasteiger partial charge in [0.05, 0.1) is 24.6 Å². The average Bonchev–Trinajstić information content (AvgIpc) is 3.55. The number of fused-ring (bicyclic) bond motifs is 2. The van der Waals surface area contributed by atoms with Gasteiger partial charge in [0.25, 0.3) is 5.91 Å². The summed E-state index contributed by atoms with van der Waals surface area (Å²) >= 11 is 6.12. The first kappa shape index (κ1) is 22.2. The maximum atomic E-state index is 13.4. The molecule has 1 fully saturated rings. The maximum absolute atomic E-state index is 13.4. The van der Waals surface area contributed by atoms with E-state index in [0.29, 0.717) is 29.2 Å². The van der Waals surface area contributed by atoms with Crippen molar-refractivity contribution in [3.8, 4) is 5.69 Å². The van der Waals surface area contributed by atoms with E-state index in [1.54, 1.807) is 28.9 Å². The minimum atomic E-state index is -0.292. The summed E-state index contributed by atoms with van der Waals surface area (Å²) in [5.74, 6) is 0.512. The summed E-state index contributed by atoms with van der Waals surface area (Å²) in [4.78, 5) is 13.4. The van der Waals surface area contributed by atoms with Gasteiger partial charge in [-0.15, -0.1) is 0 Å². The zero-order chi connectivity index (χ0) is 23.9. The lowest BCUT2D eigenvalue weighted by atomic mass is 10.0. The van der Waals surface area contributed by atoms with E-state index in [4.69, 9.17) is 21.4 Å². The molecule has 3 heterocycles. The molecule has 8 heteroatoms. The van der Waals surface area contributed by atoms with Crippen LogP contribution in [0.1, 0.15) is 33.7 Å². The number of rotatable bonds is 4. The molecule has 2 aliphatic heterocycles. The van der Waals surface area contributed by atoms with Crippen LogP contribution in [0.15, 0.2) is 60.7 Å². The third-order valence-corrected chi connectivity index (χ3v) is 7.11. The Hall–Kier alpha value is -3.26. The largest absolute Gasteiger partial charge is 0.372 e. The Morgan fingerprint density at radius 2 is 1.91 bits per heavy atom.